The normalized spacial score (nSPS) is 13.5. The third-order valence-corrected chi connectivity index (χ3v) is 9.01. The highest BCUT2D eigenvalue weighted by Crippen LogP contribution is 2.48. The minimum absolute atomic E-state index is 0.103. The first-order chi connectivity index (χ1) is 20.2. The van der Waals surface area contributed by atoms with Gasteiger partial charge in [0.2, 0.25) is 0 Å². The quantitative estimate of drug-likeness (QED) is 0.213. The van der Waals surface area contributed by atoms with Crippen LogP contribution in [-0.4, -0.2) is 9.55 Å². The van der Waals surface area contributed by atoms with Crippen molar-refractivity contribution in [3.8, 4) is 11.1 Å². The zero-order chi connectivity index (χ0) is 29.7. The van der Waals surface area contributed by atoms with E-state index in [9.17, 15) is 0 Å². The van der Waals surface area contributed by atoms with Crippen LogP contribution in [0.25, 0.3) is 11.1 Å². The molecule has 3 nitrogen and oxygen atoms in total. The van der Waals surface area contributed by atoms with E-state index in [-0.39, 0.29) is 12.0 Å². The predicted octanol–water partition coefficient (Wildman–Crippen LogP) is 9.95. The number of aromatic nitrogens is 2. The number of anilines is 1. The summed E-state index contributed by atoms with van der Waals surface area (Å²) in [5.74, 6) is 1.95. The molecule has 6 rings (SSSR count). The van der Waals surface area contributed by atoms with E-state index >= 15 is 0 Å². The van der Waals surface area contributed by atoms with Crippen LogP contribution in [0.15, 0.2) is 85.1 Å². The highest BCUT2D eigenvalue weighted by Gasteiger charge is 2.33. The molecule has 0 aliphatic heterocycles. The smallest absolute Gasteiger partial charge is 0.136 e. The van der Waals surface area contributed by atoms with Gasteiger partial charge in [-0.15, -0.1) is 0 Å². The lowest BCUT2D eigenvalue weighted by Crippen LogP contribution is -2.21. The number of imidazole rings is 1. The fourth-order valence-electron chi connectivity index (χ4n) is 7.16. The van der Waals surface area contributed by atoms with Crippen molar-refractivity contribution in [3.05, 3.63) is 141 Å². The van der Waals surface area contributed by atoms with E-state index in [1.54, 1.807) is 0 Å². The van der Waals surface area contributed by atoms with Gasteiger partial charge in [0.05, 0.1) is 11.6 Å². The number of benzene rings is 4. The average Bonchev–Trinajstić information content (AvgIpc) is 3.49. The molecule has 1 unspecified atom stereocenters. The van der Waals surface area contributed by atoms with Crippen LogP contribution in [0.1, 0.15) is 108 Å². The Balaban J connectivity index is 1.55. The summed E-state index contributed by atoms with van der Waals surface area (Å²) >= 11 is 0. The van der Waals surface area contributed by atoms with Gasteiger partial charge in [-0.3, -0.25) is 0 Å². The average molecular weight is 554 g/mol. The van der Waals surface area contributed by atoms with E-state index in [1.807, 2.05) is 0 Å². The minimum atomic E-state index is -0.103. The van der Waals surface area contributed by atoms with Crippen molar-refractivity contribution >= 4 is 5.69 Å². The summed E-state index contributed by atoms with van der Waals surface area (Å²) in [6, 6.07) is 28.9. The Hall–Kier alpha value is -4.11. The van der Waals surface area contributed by atoms with Crippen LogP contribution < -0.4 is 5.32 Å². The van der Waals surface area contributed by atoms with E-state index in [0.717, 1.165) is 11.5 Å². The Kier molecular flexibility index (Phi) is 7.30. The molecule has 1 heterocycles. The van der Waals surface area contributed by atoms with Gasteiger partial charge in [0.25, 0.3) is 0 Å². The van der Waals surface area contributed by atoms with Crippen LogP contribution in [0.2, 0.25) is 0 Å². The van der Waals surface area contributed by atoms with Gasteiger partial charge in [-0.2, -0.15) is 0 Å². The highest BCUT2D eigenvalue weighted by atomic mass is 15.1. The molecule has 0 spiro atoms. The van der Waals surface area contributed by atoms with Crippen LogP contribution in [0.3, 0.4) is 0 Å². The first kappa shape index (κ1) is 28.0. The summed E-state index contributed by atoms with van der Waals surface area (Å²) in [5.41, 5.74) is 15.5. The van der Waals surface area contributed by atoms with Gasteiger partial charge >= 0.3 is 0 Å². The molecule has 5 aromatic rings. The Bertz CT molecular complexity index is 1680. The van der Waals surface area contributed by atoms with E-state index < -0.39 is 0 Å². The molecule has 0 saturated heterocycles. The van der Waals surface area contributed by atoms with E-state index in [1.165, 1.54) is 61.3 Å². The molecule has 214 valence electrons. The van der Waals surface area contributed by atoms with Crippen molar-refractivity contribution in [1.29, 1.82) is 0 Å². The summed E-state index contributed by atoms with van der Waals surface area (Å²) in [6.07, 6.45) is 2.25. The van der Waals surface area contributed by atoms with E-state index in [0.29, 0.717) is 11.8 Å². The Morgan fingerprint density at radius 3 is 1.76 bits per heavy atom. The lowest BCUT2D eigenvalue weighted by Gasteiger charge is -2.28. The highest BCUT2D eigenvalue weighted by molar-refractivity contribution is 5.80. The first-order valence-corrected chi connectivity index (χ1v) is 15.3. The van der Waals surface area contributed by atoms with Gasteiger partial charge in [0, 0.05) is 18.9 Å². The number of aryl methyl sites for hydroxylation is 4. The van der Waals surface area contributed by atoms with Gasteiger partial charge in [-0.1, -0.05) is 112 Å². The van der Waals surface area contributed by atoms with Crippen molar-refractivity contribution in [2.75, 3.05) is 5.32 Å². The van der Waals surface area contributed by atoms with Gasteiger partial charge in [-0.25, -0.2) is 4.98 Å². The molecule has 3 heteroatoms. The zero-order valence-corrected chi connectivity index (χ0v) is 26.3. The summed E-state index contributed by atoms with van der Waals surface area (Å²) in [6.45, 7) is 15.8. The number of hydrogen-bond acceptors (Lipinski definition) is 2. The standard InChI is InChI=1S/C39H43N3/c1-23(2)28-18-13-19-29(24(3)4)37(28)41-38(35-26(6)20-25(5)21-27(35)7)39-40-34(22-42(39)8)36-32-16-11-9-14-30(32)31-15-10-12-17-33(31)36/h9-24,36,38,41H,1-8H3. The lowest BCUT2D eigenvalue weighted by atomic mass is 9.89. The Labute approximate surface area is 251 Å². The van der Waals surface area contributed by atoms with Crippen molar-refractivity contribution < 1.29 is 0 Å². The number of nitrogens with one attached hydrogen (secondary N) is 1. The summed E-state index contributed by atoms with van der Waals surface area (Å²) < 4.78 is 2.25. The first-order valence-electron chi connectivity index (χ1n) is 15.3. The molecule has 42 heavy (non-hydrogen) atoms. The van der Waals surface area contributed by atoms with Crippen LogP contribution in [0, 0.1) is 20.8 Å². The second kappa shape index (κ2) is 10.9. The number of hydrogen-bond donors (Lipinski definition) is 1. The topological polar surface area (TPSA) is 29.9 Å². The molecule has 4 aromatic carbocycles. The molecule has 1 aromatic heterocycles. The SMILES string of the molecule is Cc1cc(C)c(C(Nc2c(C(C)C)cccc2C(C)C)c2nc(C3c4ccccc4-c4ccccc43)cn2C)c(C)c1. The number of para-hydroxylation sites is 1. The molecule has 1 aliphatic rings. The molecule has 0 amide bonds. The molecule has 0 radical (unpaired) electrons. The maximum absolute atomic E-state index is 5.52. The molecule has 1 N–H and O–H groups in total. The van der Waals surface area contributed by atoms with E-state index in [2.05, 4.69) is 150 Å². The molecule has 0 fully saturated rings. The van der Waals surface area contributed by atoms with Crippen molar-refractivity contribution in [2.24, 2.45) is 7.05 Å². The summed E-state index contributed by atoms with van der Waals surface area (Å²) in [7, 11) is 2.16. The summed E-state index contributed by atoms with van der Waals surface area (Å²) in [4.78, 5) is 5.52. The van der Waals surface area contributed by atoms with Crippen molar-refractivity contribution in [3.63, 3.8) is 0 Å². The Morgan fingerprint density at radius 1 is 0.714 bits per heavy atom. The molecule has 1 aliphatic carbocycles. The second-order valence-corrected chi connectivity index (χ2v) is 12.8. The zero-order valence-electron chi connectivity index (χ0n) is 26.3. The van der Waals surface area contributed by atoms with Gasteiger partial charge < -0.3 is 9.88 Å². The maximum Gasteiger partial charge on any atom is 0.136 e. The second-order valence-electron chi connectivity index (χ2n) is 12.8. The minimum Gasteiger partial charge on any atom is -0.371 e. The lowest BCUT2D eigenvalue weighted by molar-refractivity contribution is 0.732. The summed E-state index contributed by atoms with van der Waals surface area (Å²) in [5, 5.41) is 4.11. The molecule has 1 atom stereocenters. The van der Waals surface area contributed by atoms with Crippen LogP contribution >= 0.6 is 0 Å². The fourth-order valence-corrected chi connectivity index (χ4v) is 7.16. The molecular formula is C39H43N3. The monoisotopic (exact) mass is 553 g/mol. The fraction of sp³-hybridized carbons (Fsp3) is 0.308. The van der Waals surface area contributed by atoms with Crippen LogP contribution in [0.4, 0.5) is 5.69 Å². The van der Waals surface area contributed by atoms with E-state index in [4.69, 9.17) is 4.98 Å². The van der Waals surface area contributed by atoms with Gasteiger partial charge in [-0.05, 0) is 82.7 Å². The number of nitrogens with zero attached hydrogens (tertiary/aromatic N) is 2. The van der Waals surface area contributed by atoms with Gasteiger partial charge in [0.15, 0.2) is 0 Å². The van der Waals surface area contributed by atoms with Crippen LogP contribution in [0.5, 0.6) is 0 Å². The third kappa shape index (κ3) is 4.75. The largest absolute Gasteiger partial charge is 0.371 e. The molecule has 0 saturated carbocycles. The van der Waals surface area contributed by atoms with Crippen LogP contribution in [-0.2, 0) is 7.05 Å². The van der Waals surface area contributed by atoms with Crippen molar-refractivity contribution in [1.82, 2.24) is 9.55 Å². The van der Waals surface area contributed by atoms with Crippen molar-refractivity contribution in [2.45, 2.75) is 72.3 Å². The molecular weight excluding hydrogens is 510 g/mol. The maximum atomic E-state index is 5.52. The third-order valence-electron chi connectivity index (χ3n) is 9.01. The Morgan fingerprint density at radius 2 is 1.24 bits per heavy atom. The number of rotatable bonds is 7. The predicted molar refractivity (Wildman–Crippen MR) is 177 cm³/mol. The van der Waals surface area contributed by atoms with Gasteiger partial charge in [0.1, 0.15) is 11.9 Å². The number of fused-ring (bicyclic) bond motifs is 3. The molecule has 0 bridgehead atoms.